The topological polar surface area (TPSA) is 55.6 Å². The van der Waals surface area contributed by atoms with Crippen molar-refractivity contribution in [2.45, 2.75) is 13.3 Å². The Kier molecular flexibility index (Phi) is 4.79. The van der Waals surface area contributed by atoms with Crippen LogP contribution in [0, 0.1) is 0 Å². The average molecular weight is 222 g/mol. The van der Waals surface area contributed by atoms with Crippen LogP contribution in [-0.4, -0.2) is 26.2 Å². The molecule has 4 nitrogen and oxygen atoms in total. The van der Waals surface area contributed by atoms with E-state index in [1.807, 2.05) is 19.1 Å². The lowest BCUT2D eigenvalue weighted by molar-refractivity contribution is -0.119. The van der Waals surface area contributed by atoms with Gasteiger partial charge in [0.25, 0.3) is 0 Å². The molecule has 0 unspecified atom stereocenters. The van der Waals surface area contributed by atoms with Gasteiger partial charge in [-0.25, -0.2) is 0 Å². The Labute approximate surface area is 96.0 Å². The van der Waals surface area contributed by atoms with E-state index in [0.29, 0.717) is 25.3 Å². The van der Waals surface area contributed by atoms with E-state index in [1.165, 1.54) is 0 Å². The van der Waals surface area contributed by atoms with Gasteiger partial charge in [-0.05, 0) is 31.2 Å². The molecule has 1 aromatic rings. The molecular weight excluding hydrogens is 204 g/mol. The van der Waals surface area contributed by atoms with Gasteiger partial charge >= 0.3 is 0 Å². The van der Waals surface area contributed by atoms with Crippen LogP contribution in [0.4, 0.5) is 11.4 Å². The number of nitrogens with zero attached hydrogens (tertiary/aromatic N) is 1. The quantitative estimate of drug-likeness (QED) is 0.771. The van der Waals surface area contributed by atoms with Gasteiger partial charge in [-0.1, -0.05) is 0 Å². The highest BCUT2D eigenvalue weighted by molar-refractivity contribution is 5.93. The predicted molar refractivity (Wildman–Crippen MR) is 65.4 cm³/mol. The van der Waals surface area contributed by atoms with E-state index in [1.54, 1.807) is 24.1 Å². The molecule has 1 amide bonds. The molecule has 0 aliphatic carbocycles. The fourth-order valence-electron chi connectivity index (χ4n) is 1.48. The average Bonchev–Trinajstić information content (AvgIpc) is 2.30. The summed E-state index contributed by atoms with van der Waals surface area (Å²) in [5.41, 5.74) is 7.17. The second-order valence-electron chi connectivity index (χ2n) is 3.47. The number of ether oxygens (including phenoxy) is 1. The molecule has 0 fully saturated rings. The van der Waals surface area contributed by atoms with E-state index in [9.17, 15) is 4.79 Å². The molecule has 0 aliphatic rings. The van der Waals surface area contributed by atoms with Crippen molar-refractivity contribution >= 4 is 17.3 Å². The Morgan fingerprint density at radius 1 is 1.38 bits per heavy atom. The van der Waals surface area contributed by atoms with Gasteiger partial charge in [0.05, 0.1) is 13.0 Å². The number of rotatable bonds is 5. The second-order valence-corrected chi connectivity index (χ2v) is 3.47. The fraction of sp³-hybridized carbons (Fsp3) is 0.417. The van der Waals surface area contributed by atoms with Gasteiger partial charge < -0.3 is 15.4 Å². The van der Waals surface area contributed by atoms with Crippen LogP contribution < -0.4 is 10.6 Å². The number of amides is 1. The van der Waals surface area contributed by atoms with Gasteiger partial charge in [0, 0.05) is 25.0 Å². The van der Waals surface area contributed by atoms with Gasteiger partial charge in [0.2, 0.25) is 5.91 Å². The lowest BCUT2D eigenvalue weighted by Gasteiger charge is -2.21. The summed E-state index contributed by atoms with van der Waals surface area (Å²) in [6.07, 6.45) is 0.398. The normalized spacial score (nSPS) is 10.1. The first kappa shape index (κ1) is 12.5. The minimum absolute atomic E-state index is 0.0640. The standard InChI is InChI=1S/C12H18N2O2/c1-3-14(12(15)8-9-16-2)11-6-4-10(13)5-7-11/h4-7H,3,8-9,13H2,1-2H3. The fourth-order valence-corrected chi connectivity index (χ4v) is 1.48. The van der Waals surface area contributed by atoms with Crippen LogP contribution in [0.3, 0.4) is 0 Å². The van der Waals surface area contributed by atoms with Crippen LogP contribution in [0.1, 0.15) is 13.3 Å². The van der Waals surface area contributed by atoms with Crippen molar-refractivity contribution in [1.29, 1.82) is 0 Å². The Balaban J connectivity index is 2.73. The molecule has 0 spiro atoms. The molecule has 88 valence electrons. The number of nitrogens with two attached hydrogens (primary N) is 1. The molecule has 1 rings (SSSR count). The highest BCUT2D eigenvalue weighted by atomic mass is 16.5. The molecule has 2 N–H and O–H groups in total. The monoisotopic (exact) mass is 222 g/mol. The van der Waals surface area contributed by atoms with Gasteiger partial charge in [0.15, 0.2) is 0 Å². The Morgan fingerprint density at radius 3 is 2.50 bits per heavy atom. The van der Waals surface area contributed by atoms with Crippen molar-refractivity contribution in [2.75, 3.05) is 30.9 Å². The highest BCUT2D eigenvalue weighted by Gasteiger charge is 2.12. The van der Waals surface area contributed by atoms with Crippen LogP contribution in [0.2, 0.25) is 0 Å². The van der Waals surface area contributed by atoms with Gasteiger partial charge in [-0.15, -0.1) is 0 Å². The lowest BCUT2D eigenvalue weighted by atomic mass is 10.2. The molecule has 0 heterocycles. The molecule has 1 aromatic carbocycles. The molecule has 0 aliphatic heterocycles. The second kappa shape index (κ2) is 6.12. The molecular formula is C12H18N2O2. The smallest absolute Gasteiger partial charge is 0.229 e. The first-order valence-corrected chi connectivity index (χ1v) is 5.34. The Bertz CT molecular complexity index is 335. The summed E-state index contributed by atoms with van der Waals surface area (Å²) in [6.45, 7) is 3.04. The summed E-state index contributed by atoms with van der Waals surface area (Å²) in [4.78, 5) is 13.6. The molecule has 0 aromatic heterocycles. The number of hydrogen-bond donors (Lipinski definition) is 1. The van der Waals surface area contributed by atoms with Crippen molar-refractivity contribution in [1.82, 2.24) is 0 Å². The van der Waals surface area contributed by atoms with Crippen LogP contribution in [-0.2, 0) is 9.53 Å². The summed E-state index contributed by atoms with van der Waals surface area (Å²) >= 11 is 0. The number of anilines is 2. The molecule has 0 bridgehead atoms. The van der Waals surface area contributed by atoms with Gasteiger partial charge in [-0.3, -0.25) is 4.79 Å². The maximum atomic E-state index is 11.8. The van der Waals surface area contributed by atoms with E-state index in [-0.39, 0.29) is 5.91 Å². The zero-order valence-corrected chi connectivity index (χ0v) is 9.77. The first-order chi connectivity index (χ1) is 7.69. The Hall–Kier alpha value is -1.55. The maximum Gasteiger partial charge on any atom is 0.229 e. The van der Waals surface area contributed by atoms with Crippen LogP contribution >= 0.6 is 0 Å². The third-order valence-electron chi connectivity index (χ3n) is 2.34. The molecule has 0 saturated heterocycles. The lowest BCUT2D eigenvalue weighted by Crippen LogP contribution is -2.31. The summed E-state index contributed by atoms with van der Waals surface area (Å²) in [5, 5.41) is 0. The van der Waals surface area contributed by atoms with Crippen molar-refractivity contribution in [3.63, 3.8) is 0 Å². The van der Waals surface area contributed by atoms with Gasteiger partial charge in [-0.2, -0.15) is 0 Å². The predicted octanol–water partition coefficient (Wildman–Crippen LogP) is 1.66. The van der Waals surface area contributed by atoms with E-state index in [2.05, 4.69) is 0 Å². The van der Waals surface area contributed by atoms with Crippen molar-refractivity contribution < 1.29 is 9.53 Å². The maximum absolute atomic E-state index is 11.8. The minimum Gasteiger partial charge on any atom is -0.399 e. The number of carbonyl (C=O) groups excluding carboxylic acids is 1. The Morgan fingerprint density at radius 2 is 2.00 bits per heavy atom. The summed E-state index contributed by atoms with van der Waals surface area (Å²) < 4.78 is 4.89. The van der Waals surface area contributed by atoms with E-state index >= 15 is 0 Å². The number of nitrogen functional groups attached to an aromatic ring is 1. The number of benzene rings is 1. The molecule has 0 atom stereocenters. The largest absolute Gasteiger partial charge is 0.399 e. The molecule has 16 heavy (non-hydrogen) atoms. The summed E-state index contributed by atoms with van der Waals surface area (Å²) in [7, 11) is 1.59. The molecule has 4 heteroatoms. The number of carbonyl (C=O) groups is 1. The van der Waals surface area contributed by atoms with Crippen molar-refractivity contribution in [3.8, 4) is 0 Å². The van der Waals surface area contributed by atoms with Crippen molar-refractivity contribution in [2.24, 2.45) is 0 Å². The number of hydrogen-bond acceptors (Lipinski definition) is 3. The zero-order valence-electron chi connectivity index (χ0n) is 9.77. The van der Waals surface area contributed by atoms with E-state index < -0.39 is 0 Å². The summed E-state index contributed by atoms with van der Waals surface area (Å²) in [5.74, 6) is 0.0640. The van der Waals surface area contributed by atoms with Gasteiger partial charge in [0.1, 0.15) is 0 Å². The summed E-state index contributed by atoms with van der Waals surface area (Å²) in [6, 6.07) is 7.29. The first-order valence-electron chi connectivity index (χ1n) is 5.34. The zero-order chi connectivity index (χ0) is 12.0. The van der Waals surface area contributed by atoms with E-state index in [4.69, 9.17) is 10.5 Å². The minimum atomic E-state index is 0.0640. The number of methoxy groups -OCH3 is 1. The molecule has 0 radical (unpaired) electrons. The van der Waals surface area contributed by atoms with E-state index in [0.717, 1.165) is 5.69 Å². The SMILES string of the molecule is CCN(C(=O)CCOC)c1ccc(N)cc1. The third-order valence-corrected chi connectivity index (χ3v) is 2.34. The molecule has 0 saturated carbocycles. The third kappa shape index (κ3) is 3.24. The highest BCUT2D eigenvalue weighted by Crippen LogP contribution is 2.16. The van der Waals surface area contributed by atoms with Crippen molar-refractivity contribution in [3.05, 3.63) is 24.3 Å². The van der Waals surface area contributed by atoms with Crippen LogP contribution in [0.25, 0.3) is 0 Å². The van der Waals surface area contributed by atoms with Crippen LogP contribution in [0.15, 0.2) is 24.3 Å². The van der Waals surface area contributed by atoms with Crippen LogP contribution in [0.5, 0.6) is 0 Å².